The highest BCUT2D eigenvalue weighted by Gasteiger charge is 2.26. The fourth-order valence-electron chi connectivity index (χ4n) is 2.69. The van der Waals surface area contributed by atoms with E-state index in [0.717, 1.165) is 0 Å². The van der Waals surface area contributed by atoms with E-state index >= 15 is 0 Å². The largest absolute Gasteiger partial charge is 0.301 e. The van der Waals surface area contributed by atoms with Crippen molar-refractivity contribution in [1.82, 2.24) is 4.98 Å². The Balaban J connectivity index is 3.58. The summed E-state index contributed by atoms with van der Waals surface area (Å²) in [5.41, 5.74) is 4.05. The van der Waals surface area contributed by atoms with Gasteiger partial charge < -0.3 is 0 Å². The van der Waals surface area contributed by atoms with Crippen molar-refractivity contribution in [2.75, 3.05) is 0 Å². The lowest BCUT2D eigenvalue weighted by atomic mass is 9.97. The van der Waals surface area contributed by atoms with Crippen LogP contribution in [-0.4, -0.2) is 4.98 Å². The molecule has 0 fully saturated rings. The van der Waals surface area contributed by atoms with Gasteiger partial charge in [-0.25, -0.2) is 4.57 Å². The monoisotopic (exact) mass is 235 g/mol. The molecule has 96 valence electrons. The summed E-state index contributed by atoms with van der Waals surface area (Å²) < 4.78 is 2.29. The zero-order chi connectivity index (χ0) is 13.3. The topological polar surface area (TPSA) is 16.8 Å². The number of hydrogen-bond acceptors (Lipinski definition) is 1. The molecule has 1 rings (SSSR count). The fraction of sp³-hybridized carbons (Fsp3) is 0.733. The first kappa shape index (κ1) is 14.1. The minimum atomic E-state index is 0.468. The van der Waals surface area contributed by atoms with Crippen LogP contribution < -0.4 is 4.57 Å². The fourth-order valence-corrected chi connectivity index (χ4v) is 2.69. The Hall–Kier alpha value is -0.920. The maximum Gasteiger partial charge on any atom is 0.301 e. The SMILES string of the molecule is Cc1c(C(C)C)nc(C(C)C)[n+](C)c1C(C)C. The summed E-state index contributed by atoms with van der Waals surface area (Å²) in [6.45, 7) is 15.6. The third kappa shape index (κ3) is 2.67. The molecule has 1 heterocycles. The Morgan fingerprint density at radius 3 is 1.76 bits per heavy atom. The number of nitrogens with zero attached hydrogens (tertiary/aromatic N) is 2. The molecule has 0 saturated heterocycles. The van der Waals surface area contributed by atoms with Crippen molar-refractivity contribution in [2.24, 2.45) is 7.05 Å². The zero-order valence-corrected chi connectivity index (χ0v) is 12.6. The van der Waals surface area contributed by atoms with Crippen LogP contribution in [0.2, 0.25) is 0 Å². The van der Waals surface area contributed by atoms with Crippen LogP contribution in [0.25, 0.3) is 0 Å². The first-order valence-electron chi connectivity index (χ1n) is 6.67. The van der Waals surface area contributed by atoms with Gasteiger partial charge in [0.15, 0.2) is 5.69 Å². The van der Waals surface area contributed by atoms with Gasteiger partial charge in [-0.15, -0.1) is 0 Å². The second-order valence-electron chi connectivity index (χ2n) is 5.89. The molecule has 0 amide bonds. The lowest BCUT2D eigenvalue weighted by Crippen LogP contribution is -2.42. The van der Waals surface area contributed by atoms with Crippen LogP contribution in [0.1, 0.15) is 82.1 Å². The minimum absolute atomic E-state index is 0.468. The summed E-state index contributed by atoms with van der Waals surface area (Å²) in [5.74, 6) is 2.70. The summed E-state index contributed by atoms with van der Waals surface area (Å²) in [7, 11) is 2.15. The Labute approximate surface area is 106 Å². The van der Waals surface area contributed by atoms with Crippen LogP contribution in [0.4, 0.5) is 0 Å². The van der Waals surface area contributed by atoms with Crippen molar-refractivity contribution < 1.29 is 4.57 Å². The van der Waals surface area contributed by atoms with Crippen molar-refractivity contribution in [3.05, 3.63) is 22.8 Å². The van der Waals surface area contributed by atoms with Crippen LogP contribution >= 0.6 is 0 Å². The highest BCUT2D eigenvalue weighted by Crippen LogP contribution is 2.24. The average molecular weight is 235 g/mol. The molecule has 2 nitrogen and oxygen atoms in total. The van der Waals surface area contributed by atoms with Crippen molar-refractivity contribution >= 4 is 0 Å². The molecule has 0 aliphatic carbocycles. The summed E-state index contributed by atoms with van der Waals surface area (Å²) in [5, 5.41) is 0. The Morgan fingerprint density at radius 1 is 0.882 bits per heavy atom. The third-order valence-corrected chi connectivity index (χ3v) is 3.32. The van der Waals surface area contributed by atoms with E-state index in [2.05, 4.69) is 60.1 Å². The van der Waals surface area contributed by atoms with E-state index in [1.165, 1.54) is 22.8 Å². The minimum Gasteiger partial charge on any atom is -0.234 e. The Kier molecular flexibility index (Phi) is 4.29. The first-order valence-corrected chi connectivity index (χ1v) is 6.67. The lowest BCUT2D eigenvalue weighted by molar-refractivity contribution is -0.692. The van der Waals surface area contributed by atoms with E-state index in [1.807, 2.05) is 0 Å². The number of rotatable bonds is 3. The van der Waals surface area contributed by atoms with Gasteiger partial charge in [-0.2, -0.15) is 0 Å². The highest BCUT2D eigenvalue weighted by atomic mass is 15.0. The van der Waals surface area contributed by atoms with Gasteiger partial charge in [-0.05, 0) is 6.92 Å². The van der Waals surface area contributed by atoms with Crippen molar-refractivity contribution in [1.29, 1.82) is 0 Å². The second kappa shape index (κ2) is 5.16. The predicted molar refractivity (Wildman–Crippen MR) is 72.4 cm³/mol. The Bertz CT molecular complexity index is 372. The van der Waals surface area contributed by atoms with Gasteiger partial charge in [-0.3, -0.25) is 0 Å². The van der Waals surface area contributed by atoms with Gasteiger partial charge in [-0.1, -0.05) is 46.5 Å². The predicted octanol–water partition coefficient (Wildman–Crippen LogP) is 3.58. The van der Waals surface area contributed by atoms with Crippen molar-refractivity contribution in [3.8, 4) is 0 Å². The van der Waals surface area contributed by atoms with E-state index in [9.17, 15) is 0 Å². The van der Waals surface area contributed by atoms with Crippen molar-refractivity contribution in [2.45, 2.75) is 66.2 Å². The lowest BCUT2D eigenvalue weighted by Gasteiger charge is -2.16. The third-order valence-electron chi connectivity index (χ3n) is 3.32. The molecule has 1 aromatic rings. The molecule has 0 aliphatic rings. The molecular formula is C15H27N2+. The zero-order valence-electron chi connectivity index (χ0n) is 12.6. The smallest absolute Gasteiger partial charge is 0.234 e. The van der Waals surface area contributed by atoms with Crippen LogP contribution in [-0.2, 0) is 7.05 Å². The van der Waals surface area contributed by atoms with Crippen LogP contribution in [0.3, 0.4) is 0 Å². The summed E-state index contributed by atoms with van der Waals surface area (Å²) in [6.07, 6.45) is 0. The van der Waals surface area contributed by atoms with Gasteiger partial charge >= 0.3 is 5.82 Å². The number of aromatic nitrogens is 2. The molecule has 1 aromatic heterocycles. The number of hydrogen-bond donors (Lipinski definition) is 0. The molecule has 0 atom stereocenters. The molecule has 0 saturated carbocycles. The van der Waals surface area contributed by atoms with E-state index in [4.69, 9.17) is 4.98 Å². The van der Waals surface area contributed by atoms with Gasteiger partial charge in [0.05, 0.1) is 13.0 Å². The molecule has 0 unspecified atom stereocenters. The molecule has 0 bridgehead atoms. The molecular weight excluding hydrogens is 208 g/mol. The second-order valence-corrected chi connectivity index (χ2v) is 5.89. The van der Waals surface area contributed by atoms with Gasteiger partial charge in [0.25, 0.3) is 0 Å². The van der Waals surface area contributed by atoms with E-state index < -0.39 is 0 Å². The molecule has 0 radical (unpaired) electrons. The molecule has 0 aliphatic heterocycles. The molecule has 0 aromatic carbocycles. The molecule has 0 spiro atoms. The average Bonchev–Trinajstić information content (AvgIpc) is 2.15. The quantitative estimate of drug-likeness (QED) is 0.732. The molecule has 17 heavy (non-hydrogen) atoms. The van der Waals surface area contributed by atoms with Crippen LogP contribution in [0.15, 0.2) is 0 Å². The van der Waals surface area contributed by atoms with E-state index in [1.54, 1.807) is 0 Å². The normalized spacial score (nSPS) is 11.9. The Morgan fingerprint density at radius 2 is 1.41 bits per heavy atom. The van der Waals surface area contributed by atoms with E-state index in [-0.39, 0.29) is 0 Å². The summed E-state index contributed by atoms with van der Waals surface area (Å²) >= 11 is 0. The molecule has 0 N–H and O–H groups in total. The van der Waals surface area contributed by atoms with Crippen LogP contribution in [0, 0.1) is 6.92 Å². The van der Waals surface area contributed by atoms with E-state index in [0.29, 0.717) is 17.8 Å². The maximum absolute atomic E-state index is 4.88. The van der Waals surface area contributed by atoms with Gasteiger partial charge in [0.1, 0.15) is 5.69 Å². The van der Waals surface area contributed by atoms with Crippen LogP contribution in [0.5, 0.6) is 0 Å². The standard InChI is InChI=1S/C15H27N2/c1-9(2)13-12(7)14(10(3)4)17(8)15(16-13)11(5)6/h9-11H,1-8H3/q+1. The maximum atomic E-state index is 4.88. The molecule has 2 heteroatoms. The summed E-state index contributed by atoms with van der Waals surface area (Å²) in [6, 6.07) is 0. The first-order chi connectivity index (χ1) is 7.77. The van der Waals surface area contributed by atoms with Gasteiger partial charge in [0, 0.05) is 17.4 Å². The van der Waals surface area contributed by atoms with Crippen molar-refractivity contribution in [3.63, 3.8) is 0 Å². The van der Waals surface area contributed by atoms with Gasteiger partial charge in [0.2, 0.25) is 0 Å². The summed E-state index contributed by atoms with van der Waals surface area (Å²) in [4.78, 5) is 4.88. The highest BCUT2D eigenvalue weighted by molar-refractivity contribution is 5.25.